The van der Waals surface area contributed by atoms with Crippen molar-refractivity contribution in [3.05, 3.63) is 64.7 Å². The van der Waals surface area contributed by atoms with Crippen LogP contribution < -0.4 is 0 Å². The van der Waals surface area contributed by atoms with Crippen LogP contribution in [0, 0.1) is 19.3 Å². The van der Waals surface area contributed by atoms with Crippen molar-refractivity contribution in [2.24, 2.45) is 4.99 Å². The van der Waals surface area contributed by atoms with Crippen LogP contribution in [0.2, 0.25) is 0 Å². The molecule has 1 N–H and O–H groups in total. The topological polar surface area (TPSA) is 48.7 Å². The van der Waals surface area contributed by atoms with Crippen LogP contribution in [-0.4, -0.2) is 37.1 Å². The van der Waals surface area contributed by atoms with Crippen LogP contribution in [-0.2, 0) is 4.74 Å². The Hall–Kier alpha value is -2.46. The smallest absolute Gasteiger partial charge is 0.0909 e. The molecule has 2 aromatic rings. The van der Waals surface area contributed by atoms with Crippen molar-refractivity contribution in [3.8, 4) is 0 Å². The van der Waals surface area contributed by atoms with E-state index < -0.39 is 0 Å². The molecule has 4 nitrogen and oxygen atoms in total. The standard InChI is InChI=1S/C22H29N3O/c1-6-25(5)15-24-22-13-16(2)20(12-17(22)3)21(23)14-26-18(4)19-10-8-7-9-11-19/h7-13,15,18,23H,6,14H2,1-5H3/b23-21?,24-15-. The van der Waals surface area contributed by atoms with Gasteiger partial charge in [-0.25, -0.2) is 4.99 Å². The Bertz CT molecular complexity index is 768. The molecule has 0 saturated heterocycles. The minimum absolute atomic E-state index is 0.0357. The molecule has 0 aromatic heterocycles. The summed E-state index contributed by atoms with van der Waals surface area (Å²) < 4.78 is 5.90. The van der Waals surface area contributed by atoms with Crippen molar-refractivity contribution in [1.29, 1.82) is 5.41 Å². The van der Waals surface area contributed by atoms with Crippen LogP contribution in [0.15, 0.2) is 47.5 Å². The number of aryl methyl sites for hydroxylation is 2. The fourth-order valence-corrected chi connectivity index (χ4v) is 2.61. The van der Waals surface area contributed by atoms with Gasteiger partial charge in [0, 0.05) is 19.2 Å². The second-order valence-corrected chi connectivity index (χ2v) is 6.61. The summed E-state index contributed by atoms with van der Waals surface area (Å²) in [5, 5.41) is 8.42. The zero-order valence-electron chi connectivity index (χ0n) is 16.4. The van der Waals surface area contributed by atoms with E-state index in [0.717, 1.165) is 34.5 Å². The Morgan fingerprint density at radius 2 is 1.88 bits per heavy atom. The number of ether oxygens (including phenoxy) is 1. The predicted molar refractivity (Wildman–Crippen MR) is 110 cm³/mol. The molecule has 0 spiro atoms. The molecule has 1 unspecified atom stereocenters. The van der Waals surface area contributed by atoms with E-state index in [9.17, 15) is 0 Å². The number of nitrogens with one attached hydrogen (secondary N) is 1. The van der Waals surface area contributed by atoms with E-state index in [0.29, 0.717) is 5.71 Å². The van der Waals surface area contributed by atoms with Gasteiger partial charge in [-0.2, -0.15) is 0 Å². The summed E-state index contributed by atoms with van der Waals surface area (Å²) in [6.45, 7) is 9.36. The van der Waals surface area contributed by atoms with Crippen LogP contribution in [0.3, 0.4) is 0 Å². The highest BCUT2D eigenvalue weighted by atomic mass is 16.5. The number of aliphatic imine (C=N–C) groups is 1. The highest BCUT2D eigenvalue weighted by Crippen LogP contribution is 2.24. The SMILES string of the molecule is CCN(C)/C=N\c1cc(C)c(C(=N)COC(C)c2ccccc2)cc1C. The largest absolute Gasteiger partial charge is 0.368 e. The summed E-state index contributed by atoms with van der Waals surface area (Å²) in [6.07, 6.45) is 1.81. The van der Waals surface area contributed by atoms with Gasteiger partial charge in [0.15, 0.2) is 0 Å². The third-order valence-electron chi connectivity index (χ3n) is 4.51. The molecule has 0 fully saturated rings. The Labute approximate surface area is 157 Å². The average molecular weight is 351 g/mol. The van der Waals surface area contributed by atoms with E-state index in [1.807, 2.05) is 81.5 Å². The molecule has 0 saturated carbocycles. The van der Waals surface area contributed by atoms with Gasteiger partial charge in [0.1, 0.15) is 0 Å². The molecule has 0 aliphatic heterocycles. The number of rotatable bonds is 8. The van der Waals surface area contributed by atoms with E-state index in [2.05, 4.69) is 11.9 Å². The highest BCUT2D eigenvalue weighted by molar-refractivity contribution is 6.01. The minimum Gasteiger partial charge on any atom is -0.368 e. The van der Waals surface area contributed by atoms with Crippen LogP contribution in [0.4, 0.5) is 5.69 Å². The maximum Gasteiger partial charge on any atom is 0.0909 e. The van der Waals surface area contributed by atoms with Crippen LogP contribution in [0.5, 0.6) is 0 Å². The van der Waals surface area contributed by atoms with E-state index in [1.165, 1.54) is 0 Å². The highest BCUT2D eigenvalue weighted by Gasteiger charge is 2.11. The molecule has 0 aliphatic rings. The lowest BCUT2D eigenvalue weighted by Gasteiger charge is -2.16. The lowest BCUT2D eigenvalue weighted by molar-refractivity contribution is 0.0964. The molecule has 2 rings (SSSR count). The van der Waals surface area contributed by atoms with Gasteiger partial charge in [0.05, 0.1) is 30.4 Å². The summed E-state index contributed by atoms with van der Waals surface area (Å²) in [6, 6.07) is 14.2. The minimum atomic E-state index is -0.0357. The molecule has 0 heterocycles. The number of hydrogen-bond donors (Lipinski definition) is 1. The van der Waals surface area contributed by atoms with E-state index in [-0.39, 0.29) is 12.7 Å². The van der Waals surface area contributed by atoms with Gasteiger partial charge in [-0.1, -0.05) is 30.3 Å². The van der Waals surface area contributed by atoms with E-state index >= 15 is 0 Å². The molecule has 2 aromatic carbocycles. The van der Waals surface area contributed by atoms with Crippen LogP contribution >= 0.6 is 0 Å². The number of nitrogens with zero attached hydrogens (tertiary/aromatic N) is 2. The molecule has 138 valence electrons. The third kappa shape index (κ3) is 5.27. The molecular weight excluding hydrogens is 322 g/mol. The molecule has 1 atom stereocenters. The summed E-state index contributed by atoms with van der Waals surface area (Å²) >= 11 is 0. The van der Waals surface area contributed by atoms with Crippen molar-refractivity contribution in [2.45, 2.75) is 33.8 Å². The first kappa shape index (κ1) is 19.9. The molecular formula is C22H29N3O. The van der Waals surface area contributed by atoms with Crippen molar-refractivity contribution in [1.82, 2.24) is 4.90 Å². The second-order valence-electron chi connectivity index (χ2n) is 6.61. The van der Waals surface area contributed by atoms with Crippen LogP contribution in [0.25, 0.3) is 0 Å². The summed E-state index contributed by atoms with van der Waals surface area (Å²) in [5.74, 6) is 0. The summed E-state index contributed by atoms with van der Waals surface area (Å²) in [4.78, 5) is 6.58. The van der Waals surface area contributed by atoms with Gasteiger partial charge < -0.3 is 15.0 Å². The lowest BCUT2D eigenvalue weighted by atomic mass is 10.00. The number of hydrogen-bond acceptors (Lipinski definition) is 3. The fraction of sp³-hybridized carbons (Fsp3) is 0.364. The second kappa shape index (κ2) is 9.30. The van der Waals surface area contributed by atoms with Gasteiger partial charge in [0.25, 0.3) is 0 Å². The Balaban J connectivity index is 2.07. The molecule has 0 amide bonds. The van der Waals surface area contributed by atoms with E-state index in [4.69, 9.17) is 10.1 Å². The third-order valence-corrected chi connectivity index (χ3v) is 4.51. The van der Waals surface area contributed by atoms with Crippen molar-refractivity contribution in [3.63, 3.8) is 0 Å². The Morgan fingerprint density at radius 1 is 1.19 bits per heavy atom. The maximum atomic E-state index is 8.42. The normalized spacial score (nSPS) is 12.3. The van der Waals surface area contributed by atoms with Gasteiger partial charge in [-0.15, -0.1) is 0 Å². The molecule has 0 bridgehead atoms. The molecule has 0 radical (unpaired) electrons. The first-order chi connectivity index (χ1) is 12.4. The van der Waals surface area contributed by atoms with Crippen molar-refractivity contribution >= 4 is 17.7 Å². The zero-order chi connectivity index (χ0) is 19.1. The van der Waals surface area contributed by atoms with Crippen LogP contribution in [0.1, 0.15) is 42.2 Å². The van der Waals surface area contributed by atoms with E-state index in [1.54, 1.807) is 0 Å². The predicted octanol–water partition coefficient (Wildman–Crippen LogP) is 5.06. The van der Waals surface area contributed by atoms with Gasteiger partial charge >= 0.3 is 0 Å². The average Bonchev–Trinajstić information content (AvgIpc) is 2.66. The Morgan fingerprint density at radius 3 is 2.54 bits per heavy atom. The fourth-order valence-electron chi connectivity index (χ4n) is 2.61. The van der Waals surface area contributed by atoms with Gasteiger partial charge in [0.2, 0.25) is 0 Å². The van der Waals surface area contributed by atoms with Gasteiger partial charge in [-0.05, 0) is 56.5 Å². The molecule has 0 aliphatic carbocycles. The number of benzene rings is 2. The quantitative estimate of drug-likeness (QED) is 0.534. The monoisotopic (exact) mass is 351 g/mol. The van der Waals surface area contributed by atoms with Crippen molar-refractivity contribution in [2.75, 3.05) is 20.2 Å². The lowest BCUT2D eigenvalue weighted by Crippen LogP contribution is -2.14. The molecule has 4 heteroatoms. The van der Waals surface area contributed by atoms with Crippen molar-refractivity contribution < 1.29 is 4.74 Å². The Kier molecular flexibility index (Phi) is 7.10. The first-order valence-corrected chi connectivity index (χ1v) is 9.02. The maximum absolute atomic E-state index is 8.42. The summed E-state index contributed by atoms with van der Waals surface area (Å²) in [5.41, 5.74) is 5.59. The first-order valence-electron chi connectivity index (χ1n) is 9.02. The zero-order valence-corrected chi connectivity index (χ0v) is 16.4. The van der Waals surface area contributed by atoms with Gasteiger partial charge in [-0.3, -0.25) is 0 Å². The summed E-state index contributed by atoms with van der Waals surface area (Å²) in [7, 11) is 2.00. The molecule has 26 heavy (non-hydrogen) atoms.